The summed E-state index contributed by atoms with van der Waals surface area (Å²) >= 11 is 8.15. The molecule has 0 heterocycles. The van der Waals surface area contributed by atoms with Crippen molar-refractivity contribution in [3.05, 3.63) is 34.4 Å². The average molecular weight is 269 g/mol. The van der Waals surface area contributed by atoms with Crippen molar-refractivity contribution < 1.29 is 13.6 Å². The zero-order valence-electron chi connectivity index (χ0n) is 6.28. The van der Waals surface area contributed by atoms with Gasteiger partial charge in [-0.2, -0.15) is 0 Å². The Labute approximate surface area is 86.8 Å². The number of Topliss-reactive ketones (excluding diaryl/α,β-unsaturated/α-hetero) is 1. The van der Waals surface area contributed by atoms with Gasteiger partial charge in [-0.3, -0.25) is 4.79 Å². The van der Waals surface area contributed by atoms with E-state index in [2.05, 4.69) is 15.9 Å². The maximum atomic E-state index is 13.0. The Bertz CT molecular complexity index is 354. The zero-order valence-corrected chi connectivity index (χ0v) is 8.62. The average Bonchev–Trinajstić information content (AvgIpc) is 2.10. The summed E-state index contributed by atoms with van der Waals surface area (Å²) in [6, 6.07) is 1.58. The number of ketones is 1. The molecule has 1 rings (SSSR count). The second-order valence-corrected chi connectivity index (χ2v) is 3.27. The smallest absolute Gasteiger partial charge is 0.176 e. The fourth-order valence-corrected chi connectivity index (χ4v) is 1.26. The van der Waals surface area contributed by atoms with E-state index < -0.39 is 17.4 Å². The van der Waals surface area contributed by atoms with Crippen LogP contribution in [0.25, 0.3) is 0 Å². The van der Waals surface area contributed by atoms with E-state index in [1.54, 1.807) is 0 Å². The lowest BCUT2D eigenvalue weighted by Crippen LogP contribution is -2.04. The van der Waals surface area contributed by atoms with Gasteiger partial charge in [0.25, 0.3) is 0 Å². The van der Waals surface area contributed by atoms with Gasteiger partial charge in [0.15, 0.2) is 5.78 Å². The van der Waals surface area contributed by atoms with Crippen molar-refractivity contribution in [1.29, 1.82) is 0 Å². The summed E-state index contributed by atoms with van der Waals surface area (Å²) in [6.45, 7) is 0. The Hall–Kier alpha value is -0.480. The van der Waals surface area contributed by atoms with Crippen molar-refractivity contribution in [3.63, 3.8) is 0 Å². The molecule has 70 valence electrons. The molecule has 0 aromatic heterocycles. The molecule has 1 nitrogen and oxygen atoms in total. The molecule has 0 spiro atoms. The minimum Gasteiger partial charge on any atom is -0.293 e. The number of halogens is 4. The van der Waals surface area contributed by atoms with Crippen molar-refractivity contribution in [1.82, 2.24) is 0 Å². The highest BCUT2D eigenvalue weighted by Gasteiger charge is 2.13. The summed E-state index contributed by atoms with van der Waals surface area (Å²) in [5.41, 5.74) is -0.293. The van der Waals surface area contributed by atoms with Gasteiger partial charge in [0.1, 0.15) is 11.6 Å². The molecule has 0 aliphatic rings. The third-order valence-electron chi connectivity index (χ3n) is 1.43. The summed E-state index contributed by atoms with van der Waals surface area (Å²) in [5, 5.41) is -0.381. The van der Waals surface area contributed by atoms with E-state index in [1.807, 2.05) is 0 Å². The van der Waals surface area contributed by atoms with Crippen LogP contribution in [0.15, 0.2) is 12.1 Å². The quantitative estimate of drug-likeness (QED) is 0.458. The lowest BCUT2D eigenvalue weighted by Gasteiger charge is -2.00. The highest BCUT2D eigenvalue weighted by molar-refractivity contribution is 9.09. The molecule has 0 atom stereocenters. The summed E-state index contributed by atoms with van der Waals surface area (Å²) in [7, 11) is 0. The molecule has 0 bridgehead atoms. The predicted octanol–water partition coefficient (Wildman–Crippen LogP) is 3.20. The standard InChI is InChI=1S/C8H4BrClF2O/c9-3-8(13)4-1-7(12)5(10)2-6(4)11/h1-2H,3H2. The third-order valence-corrected chi connectivity index (χ3v) is 2.23. The van der Waals surface area contributed by atoms with Crippen LogP contribution in [0.3, 0.4) is 0 Å². The Morgan fingerprint density at radius 3 is 2.54 bits per heavy atom. The molecule has 13 heavy (non-hydrogen) atoms. The molecule has 0 aliphatic carbocycles. The van der Waals surface area contributed by atoms with Crippen LogP contribution in [0.2, 0.25) is 5.02 Å². The van der Waals surface area contributed by atoms with Gasteiger partial charge in [-0.05, 0) is 12.1 Å². The highest BCUT2D eigenvalue weighted by atomic mass is 79.9. The molecule has 1 aromatic carbocycles. The molecule has 0 saturated heterocycles. The van der Waals surface area contributed by atoms with E-state index >= 15 is 0 Å². The van der Waals surface area contributed by atoms with E-state index in [1.165, 1.54) is 0 Å². The SMILES string of the molecule is O=C(CBr)c1cc(F)c(Cl)cc1F. The van der Waals surface area contributed by atoms with Crippen molar-refractivity contribution in [3.8, 4) is 0 Å². The van der Waals surface area contributed by atoms with Crippen LogP contribution in [0, 0.1) is 11.6 Å². The van der Waals surface area contributed by atoms with Crippen LogP contribution in [0.1, 0.15) is 10.4 Å². The monoisotopic (exact) mass is 268 g/mol. The topological polar surface area (TPSA) is 17.1 Å². The summed E-state index contributed by atoms with van der Waals surface area (Å²) in [4.78, 5) is 11.0. The van der Waals surface area contributed by atoms with Gasteiger partial charge in [-0.15, -0.1) is 0 Å². The lowest BCUT2D eigenvalue weighted by atomic mass is 10.1. The minimum absolute atomic E-state index is 0.0506. The Morgan fingerprint density at radius 1 is 1.38 bits per heavy atom. The molecule has 0 radical (unpaired) electrons. The summed E-state index contributed by atoms with van der Waals surface area (Å²) < 4.78 is 25.8. The zero-order chi connectivity index (χ0) is 10.0. The van der Waals surface area contributed by atoms with Gasteiger partial charge in [0.2, 0.25) is 0 Å². The molecule has 0 amide bonds. The minimum atomic E-state index is -0.809. The number of carbonyl (C=O) groups is 1. The van der Waals surface area contributed by atoms with E-state index in [0.717, 1.165) is 12.1 Å². The van der Waals surface area contributed by atoms with Crippen molar-refractivity contribution >= 4 is 33.3 Å². The first-order valence-corrected chi connectivity index (χ1v) is 4.80. The fraction of sp³-hybridized carbons (Fsp3) is 0.125. The predicted molar refractivity (Wildman–Crippen MR) is 49.5 cm³/mol. The van der Waals surface area contributed by atoms with E-state index in [9.17, 15) is 13.6 Å². The van der Waals surface area contributed by atoms with Crippen LogP contribution >= 0.6 is 27.5 Å². The largest absolute Gasteiger partial charge is 0.293 e. The number of hydrogen-bond acceptors (Lipinski definition) is 1. The third kappa shape index (κ3) is 2.25. The Kier molecular flexibility index (Phi) is 3.39. The van der Waals surface area contributed by atoms with Gasteiger partial charge >= 0.3 is 0 Å². The van der Waals surface area contributed by atoms with Crippen LogP contribution < -0.4 is 0 Å². The second kappa shape index (κ2) is 4.15. The normalized spacial score (nSPS) is 10.2. The highest BCUT2D eigenvalue weighted by Crippen LogP contribution is 2.19. The van der Waals surface area contributed by atoms with Gasteiger partial charge in [0, 0.05) is 0 Å². The summed E-state index contributed by atoms with van der Waals surface area (Å²) in [5.74, 6) is -2.13. The van der Waals surface area contributed by atoms with Crippen LogP contribution in [0.5, 0.6) is 0 Å². The molecule has 1 aromatic rings. The first kappa shape index (κ1) is 10.6. The maximum absolute atomic E-state index is 13.0. The molecular formula is C8H4BrClF2O. The number of carbonyl (C=O) groups excluding carboxylic acids is 1. The van der Waals surface area contributed by atoms with Crippen LogP contribution in [0.4, 0.5) is 8.78 Å². The molecular weight excluding hydrogens is 265 g/mol. The van der Waals surface area contributed by atoms with Gasteiger partial charge in [0.05, 0.1) is 15.9 Å². The van der Waals surface area contributed by atoms with E-state index in [0.29, 0.717) is 0 Å². The first-order chi connectivity index (χ1) is 6.06. The number of rotatable bonds is 2. The van der Waals surface area contributed by atoms with Crippen LogP contribution in [-0.2, 0) is 0 Å². The number of benzene rings is 1. The lowest BCUT2D eigenvalue weighted by molar-refractivity contribution is 0.101. The molecule has 0 fully saturated rings. The number of hydrogen-bond donors (Lipinski definition) is 0. The Balaban J connectivity index is 3.23. The van der Waals surface area contributed by atoms with E-state index in [4.69, 9.17) is 11.6 Å². The summed E-state index contributed by atoms with van der Waals surface area (Å²) in [6.07, 6.45) is 0. The van der Waals surface area contributed by atoms with Gasteiger partial charge < -0.3 is 0 Å². The number of alkyl halides is 1. The first-order valence-electron chi connectivity index (χ1n) is 3.30. The molecule has 5 heteroatoms. The second-order valence-electron chi connectivity index (χ2n) is 2.30. The van der Waals surface area contributed by atoms with Crippen molar-refractivity contribution in [2.45, 2.75) is 0 Å². The van der Waals surface area contributed by atoms with Crippen molar-refractivity contribution in [2.75, 3.05) is 5.33 Å². The molecule has 0 saturated carbocycles. The van der Waals surface area contributed by atoms with E-state index in [-0.39, 0.29) is 15.9 Å². The fourth-order valence-electron chi connectivity index (χ4n) is 0.808. The molecule has 0 unspecified atom stereocenters. The maximum Gasteiger partial charge on any atom is 0.176 e. The van der Waals surface area contributed by atoms with Gasteiger partial charge in [-0.1, -0.05) is 27.5 Å². The van der Waals surface area contributed by atoms with Gasteiger partial charge in [-0.25, -0.2) is 8.78 Å². The molecule has 0 aliphatic heterocycles. The molecule has 0 N–H and O–H groups in total. The van der Waals surface area contributed by atoms with Crippen LogP contribution in [-0.4, -0.2) is 11.1 Å². The Morgan fingerprint density at radius 2 is 2.00 bits per heavy atom. The van der Waals surface area contributed by atoms with Crippen molar-refractivity contribution in [2.24, 2.45) is 0 Å².